The van der Waals surface area contributed by atoms with E-state index in [1.807, 2.05) is 47.2 Å². The van der Waals surface area contributed by atoms with Crippen LogP contribution in [-0.2, 0) is 6.54 Å². The van der Waals surface area contributed by atoms with Crippen molar-refractivity contribution in [3.05, 3.63) is 72.7 Å². The molecule has 4 heterocycles. The fourth-order valence-corrected chi connectivity index (χ4v) is 4.41. The van der Waals surface area contributed by atoms with Crippen LogP contribution in [0.15, 0.2) is 67.1 Å². The minimum atomic E-state index is -0.00667. The molecule has 0 bridgehead atoms. The number of aliphatic hydroxyl groups is 1. The monoisotopic (exact) mass is 453 g/mol. The Morgan fingerprint density at radius 2 is 1.85 bits per heavy atom. The van der Waals surface area contributed by atoms with Gasteiger partial charge in [-0.05, 0) is 35.8 Å². The van der Waals surface area contributed by atoms with Crippen LogP contribution in [0.4, 0.5) is 5.95 Å². The summed E-state index contributed by atoms with van der Waals surface area (Å²) in [6.45, 7) is 1.81. The zero-order valence-electron chi connectivity index (χ0n) is 18.4. The summed E-state index contributed by atoms with van der Waals surface area (Å²) in [5.74, 6) is 1.48. The molecule has 0 fully saturated rings. The number of rotatable bonds is 5. The molecule has 1 aliphatic rings. The molecule has 0 amide bonds. The lowest BCUT2D eigenvalue weighted by atomic mass is 9.99. The highest BCUT2D eigenvalue weighted by molar-refractivity contribution is 5.86. The summed E-state index contributed by atoms with van der Waals surface area (Å²) in [5.41, 5.74) is 4.60. The van der Waals surface area contributed by atoms with Crippen molar-refractivity contribution in [3.8, 4) is 11.6 Å². The van der Waals surface area contributed by atoms with Crippen LogP contribution in [0.1, 0.15) is 12.0 Å². The van der Waals surface area contributed by atoms with Gasteiger partial charge in [0, 0.05) is 25.0 Å². The van der Waals surface area contributed by atoms with Crippen molar-refractivity contribution in [3.63, 3.8) is 0 Å². The van der Waals surface area contributed by atoms with Crippen LogP contribution >= 0.6 is 0 Å². The van der Waals surface area contributed by atoms with Crippen molar-refractivity contribution < 1.29 is 10.2 Å². The lowest BCUT2D eigenvalue weighted by molar-refractivity contribution is 0.277. The highest BCUT2D eigenvalue weighted by atomic mass is 16.3. The minimum Gasteiger partial charge on any atom is -0.508 e. The molecule has 0 spiro atoms. The van der Waals surface area contributed by atoms with Crippen molar-refractivity contribution >= 4 is 33.6 Å². The number of fused-ring (bicyclic) bond motifs is 2. The highest BCUT2D eigenvalue weighted by Crippen LogP contribution is 2.28. The summed E-state index contributed by atoms with van der Waals surface area (Å²) < 4.78 is 3.65. The first-order chi connectivity index (χ1) is 16.7. The second kappa shape index (κ2) is 8.27. The van der Waals surface area contributed by atoms with Crippen LogP contribution < -0.4 is 4.90 Å². The molecule has 0 atom stereocenters. The lowest BCUT2D eigenvalue weighted by Crippen LogP contribution is -2.30. The molecule has 6 rings (SSSR count). The normalized spacial score (nSPS) is 14.1. The summed E-state index contributed by atoms with van der Waals surface area (Å²) >= 11 is 0. The van der Waals surface area contributed by atoms with Crippen molar-refractivity contribution in [1.82, 2.24) is 29.3 Å². The maximum absolute atomic E-state index is 9.57. The molecule has 0 saturated carbocycles. The number of para-hydroxylation sites is 1. The number of phenols is 1. The van der Waals surface area contributed by atoms with E-state index in [1.165, 1.54) is 5.57 Å². The number of phenolic OH excluding ortho intramolecular Hbond substituents is 1. The van der Waals surface area contributed by atoms with E-state index in [4.69, 9.17) is 9.97 Å². The molecule has 170 valence electrons. The Bertz CT molecular complexity index is 1520. The number of aliphatic hydroxyl groups excluding tert-OH is 1. The SMILES string of the molecule is OCCn1cnc2c(-n3ncc4ccccc43)nc(N3CC=C(c4ccc(O)cc4)CC3)nc21. The summed E-state index contributed by atoms with van der Waals surface area (Å²) in [7, 11) is 0. The van der Waals surface area contributed by atoms with Gasteiger partial charge in [0.15, 0.2) is 17.0 Å². The van der Waals surface area contributed by atoms with Crippen molar-refractivity contribution in [2.24, 2.45) is 0 Å². The van der Waals surface area contributed by atoms with Gasteiger partial charge in [0.1, 0.15) is 5.75 Å². The zero-order valence-corrected chi connectivity index (χ0v) is 18.4. The Labute approximate surface area is 195 Å². The van der Waals surface area contributed by atoms with Gasteiger partial charge in [0.2, 0.25) is 5.95 Å². The van der Waals surface area contributed by atoms with Crippen molar-refractivity contribution in [1.29, 1.82) is 0 Å². The molecule has 34 heavy (non-hydrogen) atoms. The average Bonchev–Trinajstić information content (AvgIpc) is 3.49. The number of aromatic nitrogens is 6. The Morgan fingerprint density at radius 1 is 1.00 bits per heavy atom. The number of anilines is 1. The number of hydrogen-bond donors (Lipinski definition) is 2. The Morgan fingerprint density at radius 3 is 2.65 bits per heavy atom. The minimum absolute atomic E-state index is 0.00667. The van der Waals surface area contributed by atoms with Crippen molar-refractivity contribution in [2.45, 2.75) is 13.0 Å². The summed E-state index contributed by atoms with van der Waals surface area (Å²) in [6.07, 6.45) is 6.52. The first-order valence-corrected chi connectivity index (χ1v) is 11.2. The second-order valence-corrected chi connectivity index (χ2v) is 8.27. The van der Waals surface area contributed by atoms with Gasteiger partial charge < -0.3 is 19.7 Å². The van der Waals surface area contributed by atoms with Gasteiger partial charge in [0.25, 0.3) is 0 Å². The third-order valence-electron chi connectivity index (χ3n) is 6.18. The molecule has 0 saturated heterocycles. The molecule has 9 nitrogen and oxygen atoms in total. The maximum Gasteiger partial charge on any atom is 0.229 e. The van der Waals surface area contributed by atoms with Gasteiger partial charge in [-0.3, -0.25) is 0 Å². The topological polar surface area (TPSA) is 105 Å². The Hall–Kier alpha value is -4.24. The summed E-state index contributed by atoms with van der Waals surface area (Å²) in [4.78, 5) is 16.4. The largest absolute Gasteiger partial charge is 0.508 e. The molecule has 3 aromatic heterocycles. The predicted octanol–water partition coefficient (Wildman–Crippen LogP) is 3.16. The molecule has 2 aromatic carbocycles. The van der Waals surface area contributed by atoms with E-state index in [0.717, 1.165) is 29.4 Å². The first-order valence-electron chi connectivity index (χ1n) is 11.2. The quantitative estimate of drug-likeness (QED) is 0.421. The standard InChI is InChI=1S/C25H23N7O2/c33-14-13-31-16-26-22-23(31)28-25(29-24(22)32-21-4-2-1-3-19(21)15-27-32)30-11-9-18(10-12-30)17-5-7-20(34)8-6-17/h1-9,15-16,33-34H,10-14H2. The molecule has 5 aromatic rings. The van der Waals surface area contributed by atoms with Crippen LogP contribution in [0.25, 0.3) is 33.5 Å². The fourth-order valence-electron chi connectivity index (χ4n) is 4.41. The number of hydrogen-bond acceptors (Lipinski definition) is 7. The molecule has 1 aliphatic heterocycles. The van der Waals surface area contributed by atoms with Crippen LogP contribution in [0.2, 0.25) is 0 Å². The number of imidazole rings is 1. The lowest BCUT2D eigenvalue weighted by Gasteiger charge is -2.27. The number of nitrogens with zero attached hydrogens (tertiary/aromatic N) is 7. The molecule has 0 unspecified atom stereocenters. The van der Waals surface area contributed by atoms with Crippen LogP contribution in [0, 0.1) is 0 Å². The smallest absolute Gasteiger partial charge is 0.229 e. The molecular formula is C25H23N7O2. The van der Waals surface area contributed by atoms with E-state index >= 15 is 0 Å². The van der Waals surface area contributed by atoms with Crippen LogP contribution in [0.3, 0.4) is 0 Å². The van der Waals surface area contributed by atoms with Gasteiger partial charge in [-0.1, -0.05) is 36.4 Å². The number of benzene rings is 2. The molecular weight excluding hydrogens is 430 g/mol. The first kappa shape index (κ1) is 20.4. The van der Waals surface area contributed by atoms with E-state index in [-0.39, 0.29) is 12.4 Å². The Balaban J connectivity index is 1.43. The van der Waals surface area contributed by atoms with E-state index < -0.39 is 0 Å². The molecule has 9 heteroatoms. The van der Waals surface area contributed by atoms with E-state index in [1.54, 1.807) is 23.1 Å². The van der Waals surface area contributed by atoms with E-state index in [9.17, 15) is 10.2 Å². The highest BCUT2D eigenvalue weighted by Gasteiger charge is 2.22. The second-order valence-electron chi connectivity index (χ2n) is 8.27. The molecule has 0 radical (unpaired) electrons. The summed E-state index contributed by atoms with van der Waals surface area (Å²) in [5, 5.41) is 24.7. The molecule has 0 aliphatic carbocycles. The fraction of sp³-hybridized carbons (Fsp3) is 0.200. The predicted molar refractivity (Wildman–Crippen MR) is 130 cm³/mol. The van der Waals surface area contributed by atoms with Crippen LogP contribution in [-0.4, -0.2) is 59.2 Å². The third kappa shape index (κ3) is 3.46. The van der Waals surface area contributed by atoms with Gasteiger partial charge >= 0.3 is 0 Å². The van der Waals surface area contributed by atoms with E-state index in [2.05, 4.69) is 21.1 Å². The van der Waals surface area contributed by atoms with Gasteiger partial charge in [-0.15, -0.1) is 0 Å². The Kier molecular flexibility index (Phi) is 4.96. The van der Waals surface area contributed by atoms with Crippen molar-refractivity contribution in [2.75, 3.05) is 24.6 Å². The third-order valence-corrected chi connectivity index (χ3v) is 6.18. The average molecular weight is 454 g/mol. The number of aromatic hydroxyl groups is 1. The van der Waals surface area contributed by atoms with Gasteiger partial charge in [-0.2, -0.15) is 15.1 Å². The zero-order chi connectivity index (χ0) is 23.1. The van der Waals surface area contributed by atoms with E-state index in [0.29, 0.717) is 36.0 Å². The van der Waals surface area contributed by atoms with Gasteiger partial charge in [0.05, 0.1) is 24.6 Å². The maximum atomic E-state index is 9.57. The van der Waals surface area contributed by atoms with Crippen LogP contribution in [0.5, 0.6) is 5.75 Å². The summed E-state index contributed by atoms with van der Waals surface area (Å²) in [6, 6.07) is 15.3. The molecule has 2 N–H and O–H groups in total. The van der Waals surface area contributed by atoms with Gasteiger partial charge in [-0.25, -0.2) is 9.67 Å².